The number of halogens is 2. The predicted molar refractivity (Wildman–Crippen MR) is 280 cm³/mol. The SMILES string of the molecule is CC(C)c1c(-c2cccc(F)c2)c(-n2c3ccccc3c3c4sc5ccccc5c4ccc32)c(-c2cccc(F)c2)c(C(C)C)c1-n1c2ccccc2c2c3sc4ccccc4c3ccc21. The minimum absolute atomic E-state index is 0.0391. The third-order valence-electron chi connectivity index (χ3n) is 13.7. The van der Waals surface area contributed by atoms with Crippen LogP contribution in [0.4, 0.5) is 8.78 Å². The first-order chi connectivity index (χ1) is 32.3. The fourth-order valence-electron chi connectivity index (χ4n) is 11.2. The lowest BCUT2D eigenvalue weighted by molar-refractivity contribution is 0.628. The van der Waals surface area contributed by atoms with Crippen molar-refractivity contribution < 1.29 is 8.78 Å². The monoisotopic (exact) mass is 892 g/mol. The van der Waals surface area contributed by atoms with Crippen LogP contribution in [0, 0.1) is 11.6 Å². The zero-order chi connectivity index (χ0) is 44.5. The zero-order valence-electron chi connectivity index (χ0n) is 36.8. The topological polar surface area (TPSA) is 9.86 Å². The van der Waals surface area contributed by atoms with Crippen molar-refractivity contribution >= 4 is 107 Å². The van der Waals surface area contributed by atoms with E-state index in [0.29, 0.717) is 0 Å². The molecule has 4 aromatic heterocycles. The third kappa shape index (κ3) is 5.55. The molecule has 4 heterocycles. The van der Waals surface area contributed by atoms with Crippen molar-refractivity contribution in [1.29, 1.82) is 0 Å². The molecule has 13 aromatic rings. The summed E-state index contributed by atoms with van der Waals surface area (Å²) in [6, 6.07) is 58.0. The summed E-state index contributed by atoms with van der Waals surface area (Å²) in [5.41, 5.74) is 11.9. The highest BCUT2D eigenvalue weighted by Gasteiger charge is 2.34. The fraction of sp³-hybridized carbons (Fsp3) is 0.100. The Bertz CT molecular complexity index is 4080. The fourth-order valence-corrected chi connectivity index (χ4v) is 13.7. The summed E-state index contributed by atoms with van der Waals surface area (Å²) >= 11 is 3.67. The standard InChI is InChI=1S/C60H42F2N2S2/c1-33(2)51-53(35-15-13-17-37(61)31-35)58(64-46-24-10-6-22-44(46)56-48(64)30-28-42-40-20-8-12-26-50(40)66-60(42)56)54(36-16-14-18-38(62)32-36)52(34(3)4)57(51)63-45-23-9-5-21-43(45)55-47(63)29-27-41-39-19-7-11-25-49(39)65-59(41)55/h5-34H,1-4H3. The smallest absolute Gasteiger partial charge is 0.123 e. The van der Waals surface area contributed by atoms with Gasteiger partial charge >= 0.3 is 0 Å². The van der Waals surface area contributed by atoms with Crippen LogP contribution in [-0.4, -0.2) is 9.13 Å². The Labute approximate surface area is 388 Å². The summed E-state index contributed by atoms with van der Waals surface area (Å²) in [6.07, 6.45) is 0. The van der Waals surface area contributed by atoms with E-state index < -0.39 is 0 Å². The first-order valence-corrected chi connectivity index (χ1v) is 24.3. The Kier molecular flexibility index (Phi) is 8.74. The third-order valence-corrected chi connectivity index (χ3v) is 16.1. The number of para-hydroxylation sites is 2. The average molecular weight is 893 g/mol. The summed E-state index contributed by atoms with van der Waals surface area (Å²) in [6.45, 7) is 9.06. The molecule has 0 radical (unpaired) electrons. The van der Waals surface area contributed by atoms with E-state index in [2.05, 4.69) is 158 Å². The molecule has 0 amide bonds. The van der Waals surface area contributed by atoms with Crippen LogP contribution in [0.15, 0.2) is 170 Å². The first kappa shape index (κ1) is 39.3. The highest BCUT2D eigenvalue weighted by atomic mass is 32.1. The van der Waals surface area contributed by atoms with Crippen molar-refractivity contribution in [3.05, 3.63) is 193 Å². The van der Waals surface area contributed by atoms with Crippen LogP contribution in [0.3, 0.4) is 0 Å². The second kappa shape index (κ2) is 14.7. The summed E-state index contributed by atoms with van der Waals surface area (Å²) < 4.78 is 42.1. The normalized spacial score (nSPS) is 12.4. The number of rotatable bonds is 6. The Morgan fingerprint density at radius 2 is 0.788 bits per heavy atom. The van der Waals surface area contributed by atoms with Crippen molar-refractivity contribution in [3.8, 4) is 33.6 Å². The number of aromatic nitrogens is 2. The second-order valence-corrected chi connectivity index (χ2v) is 20.3. The van der Waals surface area contributed by atoms with Crippen molar-refractivity contribution in [2.75, 3.05) is 0 Å². The van der Waals surface area contributed by atoms with Gasteiger partial charge in [-0.05, 0) is 94.8 Å². The van der Waals surface area contributed by atoms with Gasteiger partial charge in [-0.2, -0.15) is 0 Å². The summed E-state index contributed by atoms with van der Waals surface area (Å²) in [5, 5.41) is 9.67. The Hall–Kier alpha value is -7.12. The number of nitrogens with zero attached hydrogens (tertiary/aromatic N) is 2. The minimum atomic E-state index is -0.312. The largest absolute Gasteiger partial charge is 0.309 e. The van der Waals surface area contributed by atoms with Gasteiger partial charge in [0.05, 0.1) is 33.4 Å². The highest BCUT2D eigenvalue weighted by molar-refractivity contribution is 7.27. The van der Waals surface area contributed by atoms with E-state index in [4.69, 9.17) is 0 Å². The number of thiophene rings is 2. The van der Waals surface area contributed by atoms with Gasteiger partial charge in [-0.15, -0.1) is 22.7 Å². The van der Waals surface area contributed by atoms with E-state index in [0.717, 1.165) is 72.2 Å². The molecule has 2 nitrogen and oxygen atoms in total. The molecule has 13 rings (SSSR count). The number of hydrogen-bond acceptors (Lipinski definition) is 2. The van der Waals surface area contributed by atoms with Crippen molar-refractivity contribution in [1.82, 2.24) is 9.13 Å². The van der Waals surface area contributed by atoms with Crippen molar-refractivity contribution in [3.63, 3.8) is 0 Å². The summed E-state index contributed by atoms with van der Waals surface area (Å²) in [7, 11) is 0. The van der Waals surface area contributed by atoms with Crippen LogP contribution < -0.4 is 0 Å². The molecule has 0 aliphatic carbocycles. The molecule has 0 N–H and O–H groups in total. The molecule has 0 fully saturated rings. The van der Waals surface area contributed by atoms with Gasteiger partial charge in [-0.3, -0.25) is 0 Å². The van der Waals surface area contributed by atoms with Gasteiger partial charge in [0.2, 0.25) is 0 Å². The molecular weight excluding hydrogens is 851 g/mol. The average Bonchev–Trinajstić information content (AvgIpc) is 4.08. The summed E-state index contributed by atoms with van der Waals surface area (Å²) in [5.74, 6) is -0.702. The van der Waals surface area contributed by atoms with Crippen LogP contribution in [-0.2, 0) is 0 Å². The predicted octanol–water partition coefficient (Wildman–Crippen LogP) is 18.5. The van der Waals surface area contributed by atoms with E-state index in [1.807, 2.05) is 46.9 Å². The van der Waals surface area contributed by atoms with E-state index in [1.165, 1.54) is 68.6 Å². The molecule has 9 aromatic carbocycles. The molecule has 0 saturated carbocycles. The van der Waals surface area contributed by atoms with Crippen LogP contribution >= 0.6 is 22.7 Å². The maximum atomic E-state index is 16.1. The molecule has 0 saturated heterocycles. The van der Waals surface area contributed by atoms with Crippen LogP contribution in [0.5, 0.6) is 0 Å². The van der Waals surface area contributed by atoms with E-state index >= 15 is 8.78 Å². The molecule has 0 aliphatic heterocycles. The first-order valence-electron chi connectivity index (χ1n) is 22.7. The van der Waals surface area contributed by atoms with Gasteiger partial charge < -0.3 is 9.13 Å². The van der Waals surface area contributed by atoms with Gasteiger partial charge in [-0.1, -0.05) is 137 Å². The lowest BCUT2D eigenvalue weighted by Gasteiger charge is -2.32. The van der Waals surface area contributed by atoms with Crippen LogP contribution in [0.25, 0.3) is 118 Å². The van der Waals surface area contributed by atoms with Gasteiger partial charge in [0.25, 0.3) is 0 Å². The van der Waals surface area contributed by atoms with Crippen molar-refractivity contribution in [2.45, 2.75) is 39.5 Å². The molecule has 0 aliphatic rings. The van der Waals surface area contributed by atoms with E-state index in [-0.39, 0.29) is 23.5 Å². The van der Waals surface area contributed by atoms with Crippen molar-refractivity contribution in [2.24, 2.45) is 0 Å². The number of hydrogen-bond donors (Lipinski definition) is 0. The Balaban J connectivity index is 1.30. The Morgan fingerprint density at radius 1 is 0.379 bits per heavy atom. The lowest BCUT2D eigenvalue weighted by atomic mass is 9.79. The van der Waals surface area contributed by atoms with Crippen LogP contribution in [0.1, 0.15) is 50.7 Å². The molecule has 6 heteroatoms. The van der Waals surface area contributed by atoms with Gasteiger partial charge in [0.15, 0.2) is 0 Å². The van der Waals surface area contributed by atoms with E-state index in [1.54, 1.807) is 12.1 Å². The zero-order valence-corrected chi connectivity index (χ0v) is 38.4. The number of benzene rings is 9. The summed E-state index contributed by atoms with van der Waals surface area (Å²) in [4.78, 5) is 0. The Morgan fingerprint density at radius 3 is 1.23 bits per heavy atom. The molecule has 0 unspecified atom stereocenters. The van der Waals surface area contributed by atoms with Gasteiger partial charge in [0.1, 0.15) is 11.6 Å². The second-order valence-electron chi connectivity index (χ2n) is 18.2. The molecule has 0 bridgehead atoms. The van der Waals surface area contributed by atoms with Gasteiger partial charge in [-0.25, -0.2) is 8.78 Å². The van der Waals surface area contributed by atoms with E-state index in [9.17, 15) is 0 Å². The highest BCUT2D eigenvalue weighted by Crippen LogP contribution is 2.54. The molecule has 0 atom stereocenters. The quantitative estimate of drug-likeness (QED) is 0.157. The maximum Gasteiger partial charge on any atom is 0.123 e. The molecule has 0 spiro atoms. The molecular formula is C60H42F2N2S2. The van der Waals surface area contributed by atoms with Gasteiger partial charge in [0, 0.05) is 73.0 Å². The lowest BCUT2D eigenvalue weighted by Crippen LogP contribution is -2.15. The molecule has 318 valence electrons. The number of fused-ring (bicyclic) bond motifs is 14. The minimum Gasteiger partial charge on any atom is -0.309 e. The molecule has 66 heavy (non-hydrogen) atoms. The van der Waals surface area contributed by atoms with Crippen LogP contribution in [0.2, 0.25) is 0 Å². The maximum absolute atomic E-state index is 16.1.